The molecule has 0 aromatic heterocycles. The number of esters is 1. The van der Waals surface area contributed by atoms with Crippen molar-refractivity contribution >= 4 is 40.9 Å². The number of anilines is 3. The first kappa shape index (κ1) is 37.2. The Bertz CT molecular complexity index is 1630. The number of amides is 3. The van der Waals surface area contributed by atoms with E-state index in [-0.39, 0.29) is 40.2 Å². The van der Waals surface area contributed by atoms with Crippen LogP contribution in [0.15, 0.2) is 54.6 Å². The molecule has 3 amide bonds. The Labute approximate surface area is 281 Å². The number of carbonyl (C=O) groups is 4. The van der Waals surface area contributed by atoms with Crippen molar-refractivity contribution in [3.8, 4) is 17.2 Å². The van der Waals surface area contributed by atoms with Crippen LogP contribution in [0.1, 0.15) is 86.0 Å². The molecular formula is C36H45N3O9. The van der Waals surface area contributed by atoms with E-state index in [1.165, 1.54) is 38.5 Å². The van der Waals surface area contributed by atoms with Crippen molar-refractivity contribution in [1.82, 2.24) is 0 Å². The molecule has 0 bridgehead atoms. The number of benzene rings is 3. The van der Waals surface area contributed by atoms with Gasteiger partial charge in [0.25, 0.3) is 11.8 Å². The van der Waals surface area contributed by atoms with Gasteiger partial charge in [-0.15, -0.1) is 0 Å². The van der Waals surface area contributed by atoms with Crippen LogP contribution in [0.25, 0.3) is 0 Å². The average Bonchev–Trinajstić information content (AvgIpc) is 3.03. The number of hydrogen-bond acceptors (Lipinski definition) is 9. The van der Waals surface area contributed by atoms with Gasteiger partial charge in [0.05, 0.1) is 49.6 Å². The van der Waals surface area contributed by atoms with E-state index in [0.717, 1.165) is 0 Å². The van der Waals surface area contributed by atoms with Crippen LogP contribution >= 0.6 is 0 Å². The van der Waals surface area contributed by atoms with Gasteiger partial charge in [-0.1, -0.05) is 20.8 Å². The van der Waals surface area contributed by atoms with Gasteiger partial charge >= 0.3 is 12.1 Å². The zero-order chi connectivity index (χ0) is 35.6. The normalized spacial score (nSPS) is 11.6. The fourth-order valence-electron chi connectivity index (χ4n) is 4.15. The molecule has 258 valence electrons. The Morgan fingerprint density at radius 3 is 1.71 bits per heavy atom. The molecule has 0 aliphatic carbocycles. The van der Waals surface area contributed by atoms with Crippen LogP contribution in [0.5, 0.6) is 17.2 Å². The molecule has 3 N–H and O–H groups in total. The van der Waals surface area contributed by atoms with Gasteiger partial charge in [0.1, 0.15) is 22.8 Å². The summed E-state index contributed by atoms with van der Waals surface area (Å²) in [6, 6.07) is 13.9. The highest BCUT2D eigenvalue weighted by atomic mass is 16.6. The SMILES string of the molecule is CCC(C)Oc1cc(C(=O)Nc2ccc(C(=O)OC)cc2OCC(C)C)ccc1NC(=O)c1ccc(NC(=O)OC(C)(C)C)c(OC)c1. The molecule has 0 saturated heterocycles. The van der Waals surface area contributed by atoms with Gasteiger partial charge in [0.15, 0.2) is 0 Å². The molecule has 0 heterocycles. The second-order valence-corrected chi connectivity index (χ2v) is 12.4. The molecule has 0 aliphatic heterocycles. The summed E-state index contributed by atoms with van der Waals surface area (Å²) in [6.45, 7) is 13.4. The lowest BCUT2D eigenvalue weighted by atomic mass is 10.1. The number of methoxy groups -OCH3 is 2. The maximum absolute atomic E-state index is 13.4. The van der Waals surface area contributed by atoms with Crippen LogP contribution < -0.4 is 30.2 Å². The van der Waals surface area contributed by atoms with E-state index < -0.39 is 29.5 Å². The summed E-state index contributed by atoms with van der Waals surface area (Å²) in [5.41, 5.74) is 1.15. The van der Waals surface area contributed by atoms with Crippen molar-refractivity contribution in [3.63, 3.8) is 0 Å². The Balaban J connectivity index is 1.87. The van der Waals surface area contributed by atoms with Crippen molar-refractivity contribution in [1.29, 1.82) is 0 Å². The van der Waals surface area contributed by atoms with E-state index >= 15 is 0 Å². The number of hydrogen-bond donors (Lipinski definition) is 3. The topological polar surface area (TPSA) is 151 Å². The highest BCUT2D eigenvalue weighted by Crippen LogP contribution is 2.32. The van der Waals surface area contributed by atoms with E-state index in [1.807, 2.05) is 27.7 Å². The van der Waals surface area contributed by atoms with Gasteiger partial charge in [-0.3, -0.25) is 14.9 Å². The van der Waals surface area contributed by atoms with Gasteiger partial charge in [0, 0.05) is 11.1 Å². The van der Waals surface area contributed by atoms with Crippen LogP contribution in [-0.4, -0.2) is 56.4 Å². The van der Waals surface area contributed by atoms with Gasteiger partial charge in [-0.2, -0.15) is 0 Å². The quantitative estimate of drug-likeness (QED) is 0.158. The summed E-state index contributed by atoms with van der Waals surface area (Å²) in [7, 11) is 2.71. The van der Waals surface area contributed by atoms with E-state index in [1.54, 1.807) is 51.1 Å². The first-order chi connectivity index (χ1) is 22.6. The third-order valence-electron chi connectivity index (χ3n) is 6.72. The highest BCUT2D eigenvalue weighted by Gasteiger charge is 2.21. The Morgan fingerprint density at radius 2 is 1.21 bits per heavy atom. The molecule has 0 radical (unpaired) electrons. The molecule has 3 aromatic carbocycles. The summed E-state index contributed by atoms with van der Waals surface area (Å²) in [5.74, 6) is -0.390. The Kier molecular flexibility index (Phi) is 12.8. The van der Waals surface area contributed by atoms with Crippen molar-refractivity contribution < 1.29 is 42.9 Å². The van der Waals surface area contributed by atoms with E-state index in [4.69, 9.17) is 23.7 Å². The maximum Gasteiger partial charge on any atom is 0.412 e. The zero-order valence-corrected chi connectivity index (χ0v) is 28.9. The predicted molar refractivity (Wildman–Crippen MR) is 184 cm³/mol. The lowest BCUT2D eigenvalue weighted by Crippen LogP contribution is -2.27. The summed E-state index contributed by atoms with van der Waals surface area (Å²) in [4.78, 5) is 51.2. The minimum atomic E-state index is -0.690. The lowest BCUT2D eigenvalue weighted by molar-refractivity contribution is 0.0597. The second-order valence-electron chi connectivity index (χ2n) is 12.4. The van der Waals surface area contributed by atoms with Gasteiger partial charge in [0.2, 0.25) is 0 Å². The molecule has 1 atom stereocenters. The molecule has 3 rings (SSSR count). The molecule has 0 spiro atoms. The minimum Gasteiger partial charge on any atom is -0.495 e. The summed E-state index contributed by atoms with van der Waals surface area (Å²) >= 11 is 0. The molecule has 0 aliphatic rings. The van der Waals surface area contributed by atoms with Crippen molar-refractivity contribution in [2.45, 2.75) is 66.6 Å². The lowest BCUT2D eigenvalue weighted by Gasteiger charge is -2.20. The predicted octanol–water partition coefficient (Wildman–Crippen LogP) is 7.55. The average molecular weight is 664 g/mol. The molecule has 3 aromatic rings. The molecular weight excluding hydrogens is 618 g/mol. The number of ether oxygens (including phenoxy) is 5. The molecule has 48 heavy (non-hydrogen) atoms. The third-order valence-corrected chi connectivity index (χ3v) is 6.72. The van der Waals surface area contributed by atoms with E-state index in [0.29, 0.717) is 35.8 Å². The van der Waals surface area contributed by atoms with Gasteiger partial charge in [-0.05, 0) is 94.6 Å². The van der Waals surface area contributed by atoms with Crippen molar-refractivity contribution in [2.24, 2.45) is 5.92 Å². The van der Waals surface area contributed by atoms with Crippen molar-refractivity contribution in [2.75, 3.05) is 36.8 Å². The van der Waals surface area contributed by atoms with Gasteiger partial charge in [-0.25, -0.2) is 9.59 Å². The van der Waals surface area contributed by atoms with Crippen LogP contribution in [0.2, 0.25) is 0 Å². The van der Waals surface area contributed by atoms with Crippen LogP contribution in [0, 0.1) is 5.92 Å². The zero-order valence-electron chi connectivity index (χ0n) is 28.9. The first-order valence-corrected chi connectivity index (χ1v) is 15.6. The monoisotopic (exact) mass is 663 g/mol. The molecule has 12 heteroatoms. The fourth-order valence-corrected chi connectivity index (χ4v) is 4.15. The summed E-state index contributed by atoms with van der Waals surface area (Å²) in [6.07, 6.45) is -0.207. The fraction of sp³-hybridized carbons (Fsp3) is 0.389. The van der Waals surface area contributed by atoms with Crippen LogP contribution in [0.3, 0.4) is 0 Å². The maximum atomic E-state index is 13.4. The summed E-state index contributed by atoms with van der Waals surface area (Å²) in [5, 5.41) is 8.32. The van der Waals surface area contributed by atoms with Crippen LogP contribution in [0.4, 0.5) is 21.9 Å². The first-order valence-electron chi connectivity index (χ1n) is 15.6. The van der Waals surface area contributed by atoms with Crippen molar-refractivity contribution in [3.05, 3.63) is 71.3 Å². The van der Waals surface area contributed by atoms with E-state index in [2.05, 4.69) is 16.0 Å². The van der Waals surface area contributed by atoms with Crippen LogP contribution in [-0.2, 0) is 9.47 Å². The standard InChI is InChI=1S/C36H45N3O9/c1-10-22(4)47-31-18-24(33(41)37-27-16-13-25(34(42)45-9)19-30(27)46-20-21(2)3)12-15-28(31)38-32(40)23-11-14-26(29(17-23)44-8)39-35(43)48-36(5,6)7/h11-19,21-22H,10,20H2,1-9H3,(H,37,41)(H,38,40)(H,39,43). The van der Waals surface area contributed by atoms with E-state index in [9.17, 15) is 19.2 Å². The second kappa shape index (κ2) is 16.5. The Hall–Kier alpha value is -5.26. The highest BCUT2D eigenvalue weighted by molar-refractivity contribution is 6.08. The molecule has 1 unspecified atom stereocenters. The molecule has 12 nitrogen and oxygen atoms in total. The molecule has 0 fully saturated rings. The largest absolute Gasteiger partial charge is 0.495 e. The smallest absolute Gasteiger partial charge is 0.412 e. The number of nitrogens with one attached hydrogen (secondary N) is 3. The number of rotatable bonds is 13. The minimum absolute atomic E-state index is 0.200. The van der Waals surface area contributed by atoms with Gasteiger partial charge < -0.3 is 34.3 Å². The summed E-state index contributed by atoms with van der Waals surface area (Å²) < 4.78 is 27.5. The number of carbonyl (C=O) groups excluding carboxylic acids is 4. The Morgan fingerprint density at radius 1 is 0.708 bits per heavy atom. The molecule has 0 saturated carbocycles. The third kappa shape index (κ3) is 10.6.